The van der Waals surface area contributed by atoms with Crippen molar-refractivity contribution in [1.82, 2.24) is 9.88 Å². The van der Waals surface area contributed by atoms with E-state index in [0.717, 1.165) is 31.3 Å². The monoisotopic (exact) mass is 566 g/mol. The van der Waals surface area contributed by atoms with E-state index >= 15 is 0 Å². The van der Waals surface area contributed by atoms with Crippen LogP contribution >= 0.6 is 42.8 Å². The van der Waals surface area contributed by atoms with Gasteiger partial charge in [0.1, 0.15) is 0 Å². The molecule has 1 unspecified atom stereocenters. The van der Waals surface area contributed by atoms with Gasteiger partial charge in [0.05, 0.1) is 28.4 Å². The average Bonchev–Trinajstić information content (AvgIpc) is 3.35. The number of likely N-dealkylation sites (tertiary alicyclic amines) is 1. The summed E-state index contributed by atoms with van der Waals surface area (Å²) in [7, 11) is -1.97. The van der Waals surface area contributed by atoms with Crippen molar-refractivity contribution >= 4 is 64.8 Å². The Morgan fingerprint density at radius 3 is 2.24 bits per heavy atom. The van der Waals surface area contributed by atoms with Gasteiger partial charge in [-0.3, -0.25) is 9.59 Å². The highest BCUT2D eigenvalue weighted by molar-refractivity contribution is 9.18. The van der Waals surface area contributed by atoms with Crippen LogP contribution in [0, 0.1) is 0 Å². The second kappa shape index (κ2) is 10.9. The van der Waals surface area contributed by atoms with E-state index in [4.69, 9.17) is 33.0 Å². The number of benzene rings is 3. The first kappa shape index (κ1) is 25.9. The molecule has 1 saturated heterocycles. The summed E-state index contributed by atoms with van der Waals surface area (Å²) in [6.07, 6.45) is 1.64. The fraction of sp³-hybridized carbons (Fsp3) is 0.179. The van der Waals surface area contributed by atoms with Gasteiger partial charge in [0.2, 0.25) is 5.91 Å². The van der Waals surface area contributed by atoms with Crippen LogP contribution in [0.2, 0.25) is 0 Å². The highest BCUT2D eigenvalue weighted by Crippen LogP contribution is 2.72. The first-order chi connectivity index (χ1) is 17.8. The van der Waals surface area contributed by atoms with Crippen LogP contribution in [0.4, 0.5) is 0 Å². The predicted molar refractivity (Wildman–Crippen MR) is 158 cm³/mol. The molecule has 1 fully saturated rings. The number of rotatable bonds is 8. The van der Waals surface area contributed by atoms with E-state index in [1.807, 2.05) is 91.9 Å². The number of carbonyl (C=O) groups excluding carboxylic acids is 2. The Balaban J connectivity index is 1.30. The molecule has 5 nitrogen and oxygen atoms in total. The second-order valence-corrected chi connectivity index (χ2v) is 16.6. The van der Waals surface area contributed by atoms with Crippen molar-refractivity contribution in [1.29, 1.82) is 0 Å². The van der Waals surface area contributed by atoms with E-state index in [0.29, 0.717) is 6.42 Å². The van der Waals surface area contributed by atoms with Gasteiger partial charge in [-0.25, -0.2) is 4.98 Å². The Morgan fingerprint density at radius 1 is 1.05 bits per heavy atom. The van der Waals surface area contributed by atoms with Crippen LogP contribution in [0.15, 0.2) is 101 Å². The van der Waals surface area contributed by atoms with Crippen molar-refractivity contribution in [3.8, 4) is 0 Å². The van der Waals surface area contributed by atoms with Crippen molar-refractivity contribution in [2.24, 2.45) is 0 Å². The smallest absolute Gasteiger partial charge is 0.310 e. The Bertz CT molecular complexity index is 1380. The quantitative estimate of drug-likeness (QED) is 0.101. The minimum atomic E-state index is -1.97. The number of aromatic nitrogens is 1. The molecule has 9 heteroatoms. The van der Waals surface area contributed by atoms with Gasteiger partial charge in [-0.2, -0.15) is 0 Å². The first-order valence-corrected chi connectivity index (χ1v) is 16.3. The normalized spacial score (nSPS) is 16.6. The Labute approximate surface area is 231 Å². The third kappa shape index (κ3) is 5.60. The van der Waals surface area contributed by atoms with Gasteiger partial charge in [-0.15, -0.1) is 34.7 Å². The third-order valence-corrected chi connectivity index (χ3v) is 13.0. The Morgan fingerprint density at radius 2 is 1.65 bits per heavy atom. The van der Waals surface area contributed by atoms with Gasteiger partial charge >= 0.3 is 5.97 Å². The number of hydrogen-bond donors (Lipinski definition) is 2. The Kier molecular flexibility index (Phi) is 7.67. The Hall–Kier alpha value is -2.72. The summed E-state index contributed by atoms with van der Waals surface area (Å²) in [5, 5.41) is -0.209. The van der Waals surface area contributed by atoms with E-state index in [1.165, 1.54) is 0 Å². The summed E-state index contributed by atoms with van der Waals surface area (Å²) in [5.41, 5.74) is 3.43. The summed E-state index contributed by atoms with van der Waals surface area (Å²) in [5.74, 6) is -0.386. The number of para-hydroxylation sites is 1. The van der Waals surface area contributed by atoms with Crippen molar-refractivity contribution < 1.29 is 14.3 Å². The lowest BCUT2D eigenvalue weighted by Gasteiger charge is -2.47. The number of nitrogens with zero attached hydrogens (tertiary/aromatic N) is 2. The lowest BCUT2D eigenvalue weighted by molar-refractivity contribution is -0.147. The van der Waals surface area contributed by atoms with E-state index in [1.54, 1.807) is 22.4 Å². The van der Waals surface area contributed by atoms with Crippen LogP contribution in [-0.4, -0.2) is 27.1 Å². The summed E-state index contributed by atoms with van der Waals surface area (Å²) >= 11 is 11.4. The lowest BCUT2D eigenvalue weighted by Crippen LogP contribution is -2.49. The lowest BCUT2D eigenvalue weighted by atomic mass is 10.0. The van der Waals surface area contributed by atoms with Gasteiger partial charge in [-0.05, 0) is 35.8 Å². The molecule has 2 heterocycles. The summed E-state index contributed by atoms with van der Waals surface area (Å²) in [6, 6.07) is 27.2. The van der Waals surface area contributed by atoms with E-state index in [2.05, 4.69) is 0 Å². The molecule has 0 saturated carbocycles. The fourth-order valence-corrected chi connectivity index (χ4v) is 9.29. The molecule has 37 heavy (non-hydrogen) atoms. The number of amides is 1. The molecule has 1 aliphatic rings. The molecule has 1 atom stereocenters. The van der Waals surface area contributed by atoms with Gasteiger partial charge in [0.25, 0.3) is 0 Å². The zero-order chi connectivity index (χ0) is 26.0. The van der Waals surface area contributed by atoms with Crippen LogP contribution in [-0.2, 0) is 14.3 Å². The van der Waals surface area contributed by atoms with Crippen LogP contribution < -0.4 is 0 Å². The largest absolute Gasteiger partial charge is 0.452 e. The fourth-order valence-electron chi connectivity index (χ4n) is 4.19. The van der Waals surface area contributed by atoms with Gasteiger partial charge in [0, 0.05) is 6.20 Å². The molecule has 4 aromatic rings. The number of ether oxygens (including phenoxy) is 1. The van der Waals surface area contributed by atoms with Crippen molar-refractivity contribution in [3.05, 3.63) is 108 Å². The SMILES string of the molecule is CC(=CN1C(=O)CC1S(S)(S)c1nc2ccccc2s1)CC(=O)OC(c1ccccc1)c1ccccc1. The molecular formula is C28H26N2O3S4. The first-order valence-electron chi connectivity index (χ1n) is 11.7. The molecule has 3 aromatic carbocycles. The minimum absolute atomic E-state index is 0.0229. The van der Waals surface area contributed by atoms with Gasteiger partial charge in [0.15, 0.2) is 10.4 Å². The third-order valence-electron chi connectivity index (χ3n) is 6.09. The highest BCUT2D eigenvalue weighted by Gasteiger charge is 2.46. The zero-order valence-corrected chi connectivity index (χ0v) is 23.5. The predicted octanol–water partition coefficient (Wildman–Crippen LogP) is 7.33. The second-order valence-electron chi connectivity index (χ2n) is 8.84. The standard InChI is InChI=1S/C28H26N2O3S4/c1-19(16-26(32)33-27(20-10-4-2-5-11-20)21-12-6-3-7-13-21)18-30-24(31)17-25(30)37(34,35)28-29-22-14-8-9-15-23(22)36-28/h2-15,18,25,27,34-35H,16-17H2,1H3. The maximum Gasteiger partial charge on any atom is 0.310 e. The van der Waals surface area contributed by atoms with Crippen molar-refractivity contribution in [3.63, 3.8) is 0 Å². The number of fused-ring (bicyclic) bond motifs is 1. The van der Waals surface area contributed by atoms with Gasteiger partial charge < -0.3 is 9.64 Å². The molecule has 0 bridgehead atoms. The number of β-lactam (4-membered cyclic amide) rings is 1. The molecule has 190 valence electrons. The summed E-state index contributed by atoms with van der Waals surface area (Å²) in [6.45, 7) is 1.83. The molecule has 1 aromatic heterocycles. The number of esters is 1. The molecule has 1 amide bonds. The number of hydrogen-bond acceptors (Lipinski definition) is 7. The van der Waals surface area contributed by atoms with E-state index < -0.39 is 14.2 Å². The molecule has 0 N–H and O–H groups in total. The maximum absolute atomic E-state index is 13.0. The topological polar surface area (TPSA) is 59.5 Å². The highest BCUT2D eigenvalue weighted by atomic mass is 33.5. The number of thiazole rings is 1. The van der Waals surface area contributed by atoms with Crippen LogP contribution in [0.5, 0.6) is 0 Å². The number of carbonyl (C=O) groups is 2. The number of thiol groups is 2. The molecule has 5 rings (SSSR count). The maximum atomic E-state index is 13.0. The average molecular weight is 567 g/mol. The van der Waals surface area contributed by atoms with E-state index in [9.17, 15) is 9.59 Å². The van der Waals surface area contributed by atoms with Crippen molar-refractivity contribution in [2.75, 3.05) is 0 Å². The molecule has 0 aliphatic carbocycles. The molecule has 0 radical (unpaired) electrons. The minimum Gasteiger partial charge on any atom is -0.452 e. The van der Waals surface area contributed by atoms with Gasteiger partial charge in [-0.1, -0.05) is 80.9 Å². The molecule has 0 spiro atoms. The van der Waals surface area contributed by atoms with E-state index in [-0.39, 0.29) is 23.7 Å². The molecule has 1 aliphatic heterocycles. The molecular weight excluding hydrogens is 541 g/mol. The van der Waals surface area contributed by atoms with Crippen LogP contribution in [0.25, 0.3) is 10.2 Å². The van der Waals surface area contributed by atoms with Crippen molar-refractivity contribution in [2.45, 2.75) is 35.6 Å². The zero-order valence-electron chi connectivity index (χ0n) is 20.1. The summed E-state index contributed by atoms with van der Waals surface area (Å²) in [4.78, 5) is 31.9. The summed E-state index contributed by atoms with van der Waals surface area (Å²) < 4.78 is 7.82. The van der Waals surface area contributed by atoms with Crippen LogP contribution in [0.1, 0.15) is 37.0 Å². The van der Waals surface area contributed by atoms with Crippen LogP contribution in [0.3, 0.4) is 0 Å².